The van der Waals surface area contributed by atoms with Crippen LogP contribution in [-0.2, 0) is 6.61 Å². The van der Waals surface area contributed by atoms with Crippen LogP contribution in [0.15, 0.2) is 42.5 Å². The van der Waals surface area contributed by atoms with Crippen molar-refractivity contribution in [2.45, 2.75) is 6.61 Å². The summed E-state index contributed by atoms with van der Waals surface area (Å²) in [6.45, 7) is 0.119. The Morgan fingerprint density at radius 3 is 2.75 bits per heavy atom. The Balaban J connectivity index is 2.24. The van der Waals surface area contributed by atoms with Crippen LogP contribution in [0.4, 0.5) is 5.69 Å². The maximum Gasteiger partial charge on any atom is 0.339 e. The number of carboxylic acid groups (broad SMARTS) is 1. The first-order valence-electron chi connectivity index (χ1n) is 5.85. The van der Waals surface area contributed by atoms with Crippen molar-refractivity contribution >= 4 is 11.7 Å². The van der Waals surface area contributed by atoms with Crippen LogP contribution in [0, 0.1) is 11.3 Å². The molecule has 3 N–H and O–H groups in total. The summed E-state index contributed by atoms with van der Waals surface area (Å²) in [7, 11) is 0. The van der Waals surface area contributed by atoms with Crippen molar-refractivity contribution in [3.05, 3.63) is 59.2 Å². The number of rotatable bonds is 4. The van der Waals surface area contributed by atoms with Crippen molar-refractivity contribution in [3.63, 3.8) is 0 Å². The van der Waals surface area contributed by atoms with E-state index < -0.39 is 5.97 Å². The molecule has 0 spiro atoms. The molecule has 0 aromatic heterocycles. The highest BCUT2D eigenvalue weighted by molar-refractivity contribution is 5.92. The number of nitrogens with zero attached hydrogens (tertiary/aromatic N) is 1. The number of hydrogen-bond donors (Lipinski definition) is 2. The summed E-state index contributed by atoms with van der Waals surface area (Å²) in [6.07, 6.45) is 0. The van der Waals surface area contributed by atoms with Crippen molar-refractivity contribution < 1.29 is 14.6 Å². The number of benzene rings is 2. The molecule has 100 valence electrons. The molecule has 0 aliphatic carbocycles. The zero-order valence-corrected chi connectivity index (χ0v) is 10.5. The van der Waals surface area contributed by atoms with Gasteiger partial charge in [-0.2, -0.15) is 5.26 Å². The first kappa shape index (κ1) is 13.4. The van der Waals surface area contributed by atoms with Crippen LogP contribution in [0.2, 0.25) is 0 Å². The predicted molar refractivity (Wildman–Crippen MR) is 73.3 cm³/mol. The number of nitrogen functional groups attached to an aromatic ring is 1. The molecule has 5 heteroatoms. The standard InChI is InChI=1S/C15H12N2O3/c16-8-10-3-1-2-4-11(10)9-20-14-6-5-12(17)7-13(14)15(18)19/h1-7H,9,17H2,(H,18,19). The van der Waals surface area contributed by atoms with Gasteiger partial charge in [0.25, 0.3) is 0 Å². The van der Waals surface area contributed by atoms with Crippen LogP contribution in [-0.4, -0.2) is 11.1 Å². The topological polar surface area (TPSA) is 96.3 Å². The molecule has 0 unspecified atom stereocenters. The number of anilines is 1. The third-order valence-corrected chi connectivity index (χ3v) is 2.76. The molecular formula is C15H12N2O3. The SMILES string of the molecule is N#Cc1ccccc1COc1ccc(N)cc1C(=O)O. The van der Waals surface area contributed by atoms with Gasteiger partial charge in [0.15, 0.2) is 0 Å². The van der Waals surface area contributed by atoms with Gasteiger partial charge in [0.05, 0.1) is 11.6 Å². The van der Waals surface area contributed by atoms with Crippen molar-refractivity contribution in [1.82, 2.24) is 0 Å². The minimum Gasteiger partial charge on any atom is -0.488 e. The monoisotopic (exact) mass is 268 g/mol. The van der Waals surface area contributed by atoms with E-state index in [2.05, 4.69) is 6.07 Å². The molecule has 0 saturated heterocycles. The first-order valence-corrected chi connectivity index (χ1v) is 5.85. The molecule has 0 radical (unpaired) electrons. The molecule has 0 fully saturated rings. The lowest BCUT2D eigenvalue weighted by Gasteiger charge is -2.10. The third kappa shape index (κ3) is 2.87. The third-order valence-electron chi connectivity index (χ3n) is 2.76. The zero-order valence-electron chi connectivity index (χ0n) is 10.5. The molecular weight excluding hydrogens is 256 g/mol. The summed E-state index contributed by atoms with van der Waals surface area (Å²) in [5.41, 5.74) is 7.11. The van der Waals surface area contributed by atoms with Gasteiger partial charge < -0.3 is 15.6 Å². The Hall–Kier alpha value is -3.00. The van der Waals surface area contributed by atoms with E-state index in [1.165, 1.54) is 12.1 Å². The smallest absolute Gasteiger partial charge is 0.339 e. The van der Waals surface area contributed by atoms with Gasteiger partial charge in [-0.3, -0.25) is 0 Å². The number of carboxylic acids is 1. The van der Waals surface area contributed by atoms with Crippen LogP contribution in [0.5, 0.6) is 5.75 Å². The fraction of sp³-hybridized carbons (Fsp3) is 0.0667. The quantitative estimate of drug-likeness (QED) is 0.830. The molecule has 0 saturated carbocycles. The molecule has 0 atom stereocenters. The largest absolute Gasteiger partial charge is 0.488 e. The van der Waals surface area contributed by atoms with Crippen LogP contribution >= 0.6 is 0 Å². The highest BCUT2D eigenvalue weighted by atomic mass is 16.5. The van der Waals surface area contributed by atoms with Crippen molar-refractivity contribution in [2.24, 2.45) is 0 Å². The Morgan fingerprint density at radius 1 is 1.30 bits per heavy atom. The molecule has 20 heavy (non-hydrogen) atoms. The van der Waals surface area contributed by atoms with E-state index in [-0.39, 0.29) is 17.9 Å². The molecule has 2 aromatic carbocycles. The minimum atomic E-state index is -1.11. The lowest BCUT2D eigenvalue weighted by molar-refractivity contribution is 0.0692. The zero-order chi connectivity index (χ0) is 14.5. The number of aromatic carboxylic acids is 1. The summed E-state index contributed by atoms with van der Waals surface area (Å²) in [4.78, 5) is 11.1. The fourth-order valence-corrected chi connectivity index (χ4v) is 1.75. The van der Waals surface area contributed by atoms with Crippen molar-refractivity contribution in [3.8, 4) is 11.8 Å². The highest BCUT2D eigenvalue weighted by Gasteiger charge is 2.12. The molecule has 0 aliphatic heterocycles. The number of carbonyl (C=O) groups is 1. The van der Waals surface area contributed by atoms with Gasteiger partial charge in [-0.1, -0.05) is 18.2 Å². The second kappa shape index (κ2) is 5.76. The van der Waals surface area contributed by atoms with E-state index in [9.17, 15) is 4.79 Å². The number of ether oxygens (including phenoxy) is 1. The van der Waals surface area contributed by atoms with Gasteiger partial charge in [0.2, 0.25) is 0 Å². The second-order valence-corrected chi connectivity index (χ2v) is 4.12. The Morgan fingerprint density at radius 2 is 2.05 bits per heavy atom. The van der Waals surface area contributed by atoms with E-state index >= 15 is 0 Å². The van der Waals surface area contributed by atoms with Crippen LogP contribution in [0.25, 0.3) is 0 Å². The van der Waals surface area contributed by atoms with Gasteiger partial charge in [-0.05, 0) is 24.3 Å². The van der Waals surface area contributed by atoms with E-state index in [0.717, 1.165) is 0 Å². The molecule has 0 amide bonds. The van der Waals surface area contributed by atoms with E-state index in [4.69, 9.17) is 20.8 Å². The van der Waals surface area contributed by atoms with Crippen molar-refractivity contribution in [2.75, 3.05) is 5.73 Å². The molecule has 5 nitrogen and oxygen atoms in total. The molecule has 2 aromatic rings. The highest BCUT2D eigenvalue weighted by Crippen LogP contribution is 2.23. The summed E-state index contributed by atoms with van der Waals surface area (Å²) in [5.74, 6) is -0.889. The maximum atomic E-state index is 11.1. The molecule has 0 bridgehead atoms. The predicted octanol–water partition coefficient (Wildman–Crippen LogP) is 2.42. The average molecular weight is 268 g/mol. The van der Waals surface area contributed by atoms with Gasteiger partial charge in [0, 0.05) is 11.3 Å². The van der Waals surface area contributed by atoms with Crippen LogP contribution in [0.1, 0.15) is 21.5 Å². The van der Waals surface area contributed by atoms with Crippen molar-refractivity contribution in [1.29, 1.82) is 5.26 Å². The maximum absolute atomic E-state index is 11.1. The van der Waals surface area contributed by atoms with Gasteiger partial charge in [-0.25, -0.2) is 4.79 Å². The molecule has 0 aliphatic rings. The average Bonchev–Trinajstić information content (AvgIpc) is 2.46. The Labute approximate surface area is 115 Å². The Bertz CT molecular complexity index is 690. The number of hydrogen-bond acceptors (Lipinski definition) is 4. The fourth-order valence-electron chi connectivity index (χ4n) is 1.75. The first-order chi connectivity index (χ1) is 9.61. The van der Waals surface area contributed by atoms with Crippen LogP contribution < -0.4 is 10.5 Å². The van der Waals surface area contributed by atoms with Crippen LogP contribution in [0.3, 0.4) is 0 Å². The minimum absolute atomic E-state index is 0.000520. The lowest BCUT2D eigenvalue weighted by atomic mass is 10.1. The summed E-state index contributed by atoms with van der Waals surface area (Å²) < 4.78 is 5.49. The number of nitrogens with two attached hydrogens (primary N) is 1. The summed E-state index contributed by atoms with van der Waals surface area (Å²) in [6, 6.07) is 13.5. The van der Waals surface area contributed by atoms with Gasteiger partial charge in [-0.15, -0.1) is 0 Å². The molecule has 0 heterocycles. The summed E-state index contributed by atoms with van der Waals surface area (Å²) in [5, 5.41) is 18.1. The van der Waals surface area contributed by atoms with E-state index in [1.807, 2.05) is 0 Å². The summed E-state index contributed by atoms with van der Waals surface area (Å²) >= 11 is 0. The second-order valence-electron chi connectivity index (χ2n) is 4.12. The van der Waals surface area contributed by atoms with Gasteiger partial charge in [0.1, 0.15) is 17.9 Å². The number of nitriles is 1. The van der Waals surface area contributed by atoms with E-state index in [1.54, 1.807) is 30.3 Å². The molecule has 2 rings (SSSR count). The van der Waals surface area contributed by atoms with E-state index in [0.29, 0.717) is 16.8 Å². The lowest BCUT2D eigenvalue weighted by Crippen LogP contribution is -2.05. The normalized spacial score (nSPS) is 9.75. The van der Waals surface area contributed by atoms with Gasteiger partial charge >= 0.3 is 5.97 Å². The Kier molecular flexibility index (Phi) is 3.87.